The predicted molar refractivity (Wildman–Crippen MR) is 88.9 cm³/mol. The van der Waals surface area contributed by atoms with E-state index in [0.29, 0.717) is 15.9 Å². The lowest BCUT2D eigenvalue weighted by Gasteiger charge is -2.00. The summed E-state index contributed by atoms with van der Waals surface area (Å²) in [5, 5.41) is 12.4. The molecule has 21 heavy (non-hydrogen) atoms. The molecule has 7 heteroatoms. The monoisotopic (exact) mass is 337 g/mol. The van der Waals surface area contributed by atoms with Crippen molar-refractivity contribution >= 4 is 45.7 Å². The average molecular weight is 338 g/mol. The summed E-state index contributed by atoms with van der Waals surface area (Å²) in [7, 11) is 0. The molecule has 0 spiro atoms. The molecule has 0 aliphatic heterocycles. The van der Waals surface area contributed by atoms with Crippen LogP contribution in [0.3, 0.4) is 0 Å². The van der Waals surface area contributed by atoms with Gasteiger partial charge in [0, 0.05) is 15.5 Å². The number of halogens is 1. The van der Waals surface area contributed by atoms with Crippen molar-refractivity contribution in [1.82, 2.24) is 4.98 Å². The zero-order valence-electron chi connectivity index (χ0n) is 11.2. The molecule has 0 radical (unpaired) electrons. The maximum Gasteiger partial charge on any atom is 0.236 e. The van der Waals surface area contributed by atoms with Gasteiger partial charge in [0.15, 0.2) is 5.13 Å². The first-order valence-electron chi connectivity index (χ1n) is 6.08. The van der Waals surface area contributed by atoms with Crippen LogP contribution in [-0.2, 0) is 4.79 Å². The highest BCUT2D eigenvalue weighted by Crippen LogP contribution is 2.31. The highest BCUT2D eigenvalue weighted by Gasteiger charge is 2.12. The molecule has 4 nitrogen and oxygen atoms in total. The van der Waals surface area contributed by atoms with Gasteiger partial charge in [-0.05, 0) is 19.1 Å². The Morgan fingerprint density at radius 1 is 1.48 bits per heavy atom. The summed E-state index contributed by atoms with van der Waals surface area (Å²) in [5.41, 5.74) is 1.81. The van der Waals surface area contributed by atoms with Gasteiger partial charge in [0.25, 0.3) is 0 Å². The van der Waals surface area contributed by atoms with Gasteiger partial charge in [0.2, 0.25) is 5.91 Å². The number of carbonyl (C=O) groups excluding carboxylic acids is 1. The van der Waals surface area contributed by atoms with E-state index in [2.05, 4.69) is 10.3 Å². The lowest BCUT2D eigenvalue weighted by Crippen LogP contribution is -2.14. The fourth-order valence-corrected chi connectivity index (χ4v) is 3.10. The molecule has 1 heterocycles. The molecule has 108 valence electrons. The second-order valence-corrected chi connectivity index (χ2v) is 6.76. The number of nitrogens with one attached hydrogen (secondary N) is 1. The third-order valence-electron chi connectivity index (χ3n) is 2.56. The molecule has 0 bridgehead atoms. The smallest absolute Gasteiger partial charge is 0.236 e. The lowest BCUT2D eigenvalue weighted by atomic mass is 10.1. The van der Waals surface area contributed by atoms with E-state index < -0.39 is 0 Å². The molecule has 1 aromatic heterocycles. The number of aromatic nitrogens is 1. The minimum atomic E-state index is -0.147. The number of rotatable bonds is 5. The first-order valence-corrected chi connectivity index (χ1v) is 8.43. The number of thioether (sulfide) groups is 1. The van der Waals surface area contributed by atoms with Crippen LogP contribution in [0.25, 0.3) is 11.3 Å². The van der Waals surface area contributed by atoms with Crippen LogP contribution in [-0.4, -0.2) is 22.4 Å². The topological polar surface area (TPSA) is 65.8 Å². The number of benzene rings is 1. The van der Waals surface area contributed by atoms with Crippen LogP contribution in [0.15, 0.2) is 24.3 Å². The maximum absolute atomic E-state index is 11.7. The second kappa shape index (κ2) is 7.46. The van der Waals surface area contributed by atoms with Gasteiger partial charge in [-0.3, -0.25) is 4.79 Å². The lowest BCUT2D eigenvalue weighted by molar-refractivity contribution is -0.113. The Morgan fingerprint density at radius 2 is 2.19 bits per heavy atom. The van der Waals surface area contributed by atoms with E-state index in [1.165, 1.54) is 23.1 Å². The molecule has 2 aromatic rings. The van der Waals surface area contributed by atoms with E-state index in [0.717, 1.165) is 16.1 Å². The normalized spacial score (nSPS) is 10.1. The zero-order chi connectivity index (χ0) is 15.2. The number of amides is 1. The van der Waals surface area contributed by atoms with Crippen LogP contribution in [0.4, 0.5) is 5.13 Å². The SMILES string of the molecule is Cc1sc(NC(=O)CSCC#N)nc1-c1ccc(Cl)cc1. The third-order valence-corrected chi connectivity index (χ3v) is 4.50. The fraction of sp³-hybridized carbons (Fsp3) is 0.214. The number of aryl methyl sites for hydroxylation is 1. The van der Waals surface area contributed by atoms with Crippen LogP contribution < -0.4 is 5.32 Å². The number of anilines is 1. The van der Waals surface area contributed by atoms with E-state index in [1.807, 2.05) is 37.3 Å². The first-order chi connectivity index (χ1) is 10.1. The van der Waals surface area contributed by atoms with Gasteiger partial charge in [-0.25, -0.2) is 4.98 Å². The van der Waals surface area contributed by atoms with Gasteiger partial charge >= 0.3 is 0 Å². The molecular weight excluding hydrogens is 326 g/mol. The minimum Gasteiger partial charge on any atom is -0.301 e. The molecule has 1 amide bonds. The molecule has 0 aliphatic rings. The Bertz CT molecular complexity index is 677. The number of hydrogen-bond acceptors (Lipinski definition) is 5. The summed E-state index contributed by atoms with van der Waals surface area (Å²) >= 11 is 8.58. The van der Waals surface area contributed by atoms with Crippen LogP contribution in [0, 0.1) is 18.3 Å². The first kappa shape index (κ1) is 15.8. The van der Waals surface area contributed by atoms with Crippen LogP contribution in [0.5, 0.6) is 0 Å². The van der Waals surface area contributed by atoms with Crippen molar-refractivity contribution in [2.75, 3.05) is 16.8 Å². The highest BCUT2D eigenvalue weighted by molar-refractivity contribution is 8.00. The van der Waals surface area contributed by atoms with Gasteiger partial charge in [0.05, 0.1) is 23.3 Å². The predicted octanol–water partition coefficient (Wildman–Crippen LogP) is 3.97. The van der Waals surface area contributed by atoms with Crippen LogP contribution >= 0.6 is 34.7 Å². The van der Waals surface area contributed by atoms with Gasteiger partial charge in [0.1, 0.15) is 0 Å². The Morgan fingerprint density at radius 3 is 2.86 bits per heavy atom. The van der Waals surface area contributed by atoms with Gasteiger partial charge < -0.3 is 5.32 Å². The molecule has 0 aliphatic carbocycles. The van der Waals surface area contributed by atoms with E-state index in [1.54, 1.807) is 0 Å². The number of hydrogen-bond donors (Lipinski definition) is 1. The van der Waals surface area contributed by atoms with Crippen molar-refractivity contribution in [3.05, 3.63) is 34.2 Å². The van der Waals surface area contributed by atoms with E-state index in [9.17, 15) is 4.79 Å². The van der Waals surface area contributed by atoms with Gasteiger partial charge in [-0.15, -0.1) is 23.1 Å². The highest BCUT2D eigenvalue weighted by atomic mass is 35.5. The maximum atomic E-state index is 11.7. The molecule has 0 unspecified atom stereocenters. The summed E-state index contributed by atoms with van der Waals surface area (Å²) in [6.07, 6.45) is 0. The summed E-state index contributed by atoms with van der Waals surface area (Å²) in [5.74, 6) is 0.412. The molecule has 1 aromatic carbocycles. The van der Waals surface area contributed by atoms with Crippen LogP contribution in [0.2, 0.25) is 5.02 Å². The quantitative estimate of drug-likeness (QED) is 0.838. The molecule has 0 saturated carbocycles. The van der Waals surface area contributed by atoms with Gasteiger partial charge in [-0.2, -0.15) is 5.26 Å². The molecule has 2 rings (SSSR count). The Balaban J connectivity index is 2.07. The van der Waals surface area contributed by atoms with Crippen molar-refractivity contribution in [3.63, 3.8) is 0 Å². The molecule has 0 atom stereocenters. The van der Waals surface area contributed by atoms with E-state index in [-0.39, 0.29) is 11.7 Å². The summed E-state index contributed by atoms with van der Waals surface area (Å²) in [6.45, 7) is 1.96. The molecular formula is C14H12ClN3OS2. The fourth-order valence-electron chi connectivity index (χ4n) is 1.67. The standard InChI is InChI=1S/C14H12ClN3OS2/c1-9-13(10-2-4-11(15)5-3-10)18-14(21-9)17-12(19)8-20-7-6-16/h2-5H,7-8H2,1H3,(H,17,18,19). The van der Waals surface area contributed by atoms with Crippen molar-refractivity contribution < 1.29 is 4.79 Å². The Labute approximate surface area is 136 Å². The van der Waals surface area contributed by atoms with Crippen molar-refractivity contribution in [2.24, 2.45) is 0 Å². The van der Waals surface area contributed by atoms with E-state index in [4.69, 9.17) is 16.9 Å². The molecule has 0 saturated heterocycles. The van der Waals surface area contributed by atoms with Crippen molar-refractivity contribution in [3.8, 4) is 17.3 Å². The van der Waals surface area contributed by atoms with Gasteiger partial charge in [-0.1, -0.05) is 23.7 Å². The number of thiazole rings is 1. The molecule has 1 N–H and O–H groups in total. The summed E-state index contributed by atoms with van der Waals surface area (Å²) in [4.78, 5) is 17.2. The average Bonchev–Trinajstić information content (AvgIpc) is 2.80. The van der Waals surface area contributed by atoms with Crippen LogP contribution in [0.1, 0.15) is 4.88 Å². The van der Waals surface area contributed by atoms with Crippen molar-refractivity contribution in [2.45, 2.75) is 6.92 Å². The van der Waals surface area contributed by atoms with Crippen molar-refractivity contribution in [1.29, 1.82) is 5.26 Å². The largest absolute Gasteiger partial charge is 0.301 e. The number of nitrogens with zero attached hydrogens (tertiary/aromatic N) is 2. The Kier molecular flexibility index (Phi) is 5.62. The molecule has 0 fully saturated rings. The summed E-state index contributed by atoms with van der Waals surface area (Å²) in [6, 6.07) is 9.41. The zero-order valence-corrected chi connectivity index (χ0v) is 13.6. The third kappa shape index (κ3) is 4.46. The summed E-state index contributed by atoms with van der Waals surface area (Å²) < 4.78 is 0. The Hall–Kier alpha value is -1.55. The number of nitriles is 1. The second-order valence-electron chi connectivity index (χ2n) is 4.13. The number of carbonyl (C=O) groups is 1. The van der Waals surface area contributed by atoms with E-state index >= 15 is 0 Å². The minimum absolute atomic E-state index is 0.147.